The second-order valence-corrected chi connectivity index (χ2v) is 8.46. The summed E-state index contributed by atoms with van der Waals surface area (Å²) >= 11 is 0. The molecule has 3 rings (SSSR count). The number of nitrogens with one attached hydrogen (secondary N) is 1. The van der Waals surface area contributed by atoms with Crippen LogP contribution >= 0.6 is 0 Å². The van der Waals surface area contributed by atoms with Crippen LogP contribution in [0, 0.1) is 0 Å². The number of carbonyl (C=O) groups excluding carboxylic acids is 1. The quantitative estimate of drug-likeness (QED) is 0.586. The molecule has 0 spiro atoms. The molecule has 0 aromatic heterocycles. The lowest BCUT2D eigenvalue weighted by Gasteiger charge is -2.33. The number of carbonyl (C=O) groups is 1. The highest BCUT2D eigenvalue weighted by Crippen LogP contribution is 2.24. The van der Waals surface area contributed by atoms with Gasteiger partial charge in [-0.15, -0.1) is 0 Å². The zero-order chi connectivity index (χ0) is 20.9. The van der Waals surface area contributed by atoms with Crippen LogP contribution in [0.3, 0.4) is 0 Å². The van der Waals surface area contributed by atoms with Crippen molar-refractivity contribution in [3.63, 3.8) is 0 Å². The first-order valence-electron chi connectivity index (χ1n) is 9.40. The third-order valence-corrected chi connectivity index (χ3v) is 6.35. The van der Waals surface area contributed by atoms with Crippen molar-refractivity contribution in [3.05, 3.63) is 36.4 Å². The number of morpholine rings is 1. The summed E-state index contributed by atoms with van der Waals surface area (Å²) < 4.78 is 44.2. The van der Waals surface area contributed by atoms with Crippen LogP contribution in [0.4, 0.5) is 0 Å². The molecular weight excluding hydrogens is 400 g/mol. The number of para-hydroxylation sites is 1. The lowest BCUT2D eigenvalue weighted by Crippen LogP contribution is -2.49. The standard InChI is InChI=1S/C19H26N2O7S/c1-26-16-4-2-3-5-18(16)29(24,25)20-15-7-6-14(28-17(15)13-22)12-19(23)21-8-10-27-11-9-21/h2-7,14-15,17,20,22H,8-13H2,1H3/t14-,15-,17-/m0/s1. The Morgan fingerprint density at radius 1 is 1.28 bits per heavy atom. The average Bonchev–Trinajstić information content (AvgIpc) is 2.75. The predicted octanol–water partition coefficient (Wildman–Crippen LogP) is -0.0931. The van der Waals surface area contributed by atoms with Crippen LogP contribution in [0.15, 0.2) is 41.3 Å². The molecule has 0 radical (unpaired) electrons. The van der Waals surface area contributed by atoms with Gasteiger partial charge in [-0.1, -0.05) is 24.3 Å². The van der Waals surface area contributed by atoms with E-state index in [0.29, 0.717) is 26.3 Å². The second kappa shape index (κ2) is 9.68. The van der Waals surface area contributed by atoms with E-state index in [1.807, 2.05) is 0 Å². The van der Waals surface area contributed by atoms with E-state index < -0.39 is 34.9 Å². The van der Waals surface area contributed by atoms with Gasteiger partial charge in [-0.2, -0.15) is 0 Å². The highest BCUT2D eigenvalue weighted by Gasteiger charge is 2.33. The lowest BCUT2D eigenvalue weighted by atomic mass is 10.1. The van der Waals surface area contributed by atoms with Crippen LogP contribution in [0.1, 0.15) is 6.42 Å². The Hall–Kier alpha value is -1.98. The minimum atomic E-state index is -3.91. The summed E-state index contributed by atoms with van der Waals surface area (Å²) in [4.78, 5) is 14.1. The van der Waals surface area contributed by atoms with E-state index in [0.717, 1.165) is 0 Å². The number of benzene rings is 1. The van der Waals surface area contributed by atoms with Crippen LogP contribution < -0.4 is 9.46 Å². The van der Waals surface area contributed by atoms with Gasteiger partial charge >= 0.3 is 0 Å². The molecule has 1 amide bonds. The molecular formula is C19H26N2O7S. The molecule has 2 N–H and O–H groups in total. The normalized spacial score (nSPS) is 25.0. The molecule has 2 aliphatic rings. The maximum atomic E-state index is 12.8. The first-order valence-corrected chi connectivity index (χ1v) is 10.9. The van der Waals surface area contributed by atoms with Crippen molar-refractivity contribution in [1.82, 2.24) is 9.62 Å². The summed E-state index contributed by atoms with van der Waals surface area (Å²) in [5.41, 5.74) is 0. The molecule has 0 saturated carbocycles. The molecule has 29 heavy (non-hydrogen) atoms. The van der Waals surface area contributed by atoms with Crippen molar-refractivity contribution in [3.8, 4) is 5.75 Å². The van der Waals surface area contributed by atoms with Gasteiger partial charge in [-0.25, -0.2) is 13.1 Å². The Morgan fingerprint density at radius 2 is 2.00 bits per heavy atom. The fourth-order valence-corrected chi connectivity index (χ4v) is 4.70. The van der Waals surface area contributed by atoms with E-state index in [4.69, 9.17) is 14.2 Å². The van der Waals surface area contributed by atoms with E-state index in [1.165, 1.54) is 13.2 Å². The van der Waals surface area contributed by atoms with Crippen molar-refractivity contribution < 1.29 is 32.5 Å². The molecule has 1 aromatic rings. The van der Waals surface area contributed by atoms with Crippen molar-refractivity contribution in [2.45, 2.75) is 29.6 Å². The Morgan fingerprint density at radius 3 is 2.69 bits per heavy atom. The van der Waals surface area contributed by atoms with E-state index >= 15 is 0 Å². The molecule has 2 heterocycles. The van der Waals surface area contributed by atoms with Gasteiger partial charge in [0.05, 0.1) is 45.5 Å². The number of aliphatic hydroxyl groups is 1. The van der Waals surface area contributed by atoms with Gasteiger partial charge in [-0.05, 0) is 12.1 Å². The third-order valence-electron chi connectivity index (χ3n) is 4.85. The van der Waals surface area contributed by atoms with Crippen LogP contribution in [0.25, 0.3) is 0 Å². The van der Waals surface area contributed by atoms with Crippen LogP contribution in [-0.2, 0) is 24.3 Å². The Bertz CT molecular complexity index is 837. The maximum Gasteiger partial charge on any atom is 0.244 e. The highest BCUT2D eigenvalue weighted by atomic mass is 32.2. The lowest BCUT2D eigenvalue weighted by molar-refractivity contribution is -0.139. The van der Waals surface area contributed by atoms with Gasteiger partial charge in [0.1, 0.15) is 16.7 Å². The fraction of sp³-hybridized carbons (Fsp3) is 0.526. The molecule has 0 unspecified atom stereocenters. The predicted molar refractivity (Wildman–Crippen MR) is 104 cm³/mol. The van der Waals surface area contributed by atoms with Gasteiger partial charge in [0.2, 0.25) is 15.9 Å². The molecule has 10 heteroatoms. The SMILES string of the molecule is COc1ccccc1S(=O)(=O)N[C@H]1C=C[C@@H](CC(=O)N2CCOCC2)O[C@H]1CO. The maximum absolute atomic E-state index is 12.8. The molecule has 0 aliphatic carbocycles. The summed E-state index contributed by atoms with van der Waals surface area (Å²) in [6, 6.07) is 5.49. The first kappa shape index (κ1) is 21.7. The topological polar surface area (TPSA) is 114 Å². The number of hydrogen-bond acceptors (Lipinski definition) is 7. The summed E-state index contributed by atoms with van der Waals surface area (Å²) in [7, 11) is -2.52. The number of ether oxygens (including phenoxy) is 3. The number of aliphatic hydroxyl groups excluding tert-OH is 1. The van der Waals surface area contributed by atoms with Crippen LogP contribution in [-0.4, -0.2) is 82.6 Å². The molecule has 1 saturated heterocycles. The van der Waals surface area contributed by atoms with Crippen molar-refractivity contribution in [1.29, 1.82) is 0 Å². The number of hydrogen-bond donors (Lipinski definition) is 2. The monoisotopic (exact) mass is 426 g/mol. The zero-order valence-electron chi connectivity index (χ0n) is 16.2. The van der Waals surface area contributed by atoms with Crippen LogP contribution in [0.2, 0.25) is 0 Å². The highest BCUT2D eigenvalue weighted by molar-refractivity contribution is 7.89. The van der Waals surface area contributed by atoms with E-state index in [1.54, 1.807) is 35.3 Å². The Balaban J connectivity index is 1.67. The van der Waals surface area contributed by atoms with E-state index in [2.05, 4.69) is 4.72 Å². The van der Waals surface area contributed by atoms with Crippen molar-refractivity contribution in [2.24, 2.45) is 0 Å². The van der Waals surface area contributed by atoms with Gasteiger partial charge in [0, 0.05) is 13.1 Å². The number of methoxy groups -OCH3 is 1. The summed E-state index contributed by atoms with van der Waals surface area (Å²) in [6.07, 6.45) is 2.05. The van der Waals surface area contributed by atoms with Crippen LogP contribution in [0.5, 0.6) is 5.75 Å². The summed E-state index contributed by atoms with van der Waals surface area (Å²) in [5.74, 6) is 0.155. The number of sulfonamides is 1. The molecule has 0 bridgehead atoms. The minimum absolute atomic E-state index is 0.00258. The van der Waals surface area contributed by atoms with E-state index in [9.17, 15) is 18.3 Å². The number of rotatable bonds is 7. The largest absolute Gasteiger partial charge is 0.495 e. The van der Waals surface area contributed by atoms with Crippen molar-refractivity contribution >= 4 is 15.9 Å². The molecule has 1 fully saturated rings. The Labute approximate surface area is 170 Å². The third kappa shape index (κ3) is 5.34. The summed E-state index contributed by atoms with van der Waals surface area (Å²) in [5, 5.41) is 9.70. The van der Waals surface area contributed by atoms with Gasteiger partial charge in [-0.3, -0.25) is 4.79 Å². The van der Waals surface area contributed by atoms with Gasteiger partial charge < -0.3 is 24.2 Å². The Kier molecular flexibility index (Phi) is 7.25. The fourth-order valence-electron chi connectivity index (χ4n) is 3.31. The average molecular weight is 426 g/mol. The first-order chi connectivity index (χ1) is 13.9. The van der Waals surface area contributed by atoms with Gasteiger partial charge in [0.15, 0.2) is 0 Å². The van der Waals surface area contributed by atoms with E-state index in [-0.39, 0.29) is 23.0 Å². The molecule has 1 aromatic carbocycles. The van der Waals surface area contributed by atoms with Crippen molar-refractivity contribution in [2.75, 3.05) is 40.0 Å². The second-order valence-electron chi connectivity index (χ2n) is 6.78. The number of nitrogens with zero attached hydrogens (tertiary/aromatic N) is 1. The molecule has 2 aliphatic heterocycles. The molecule has 160 valence electrons. The zero-order valence-corrected chi connectivity index (χ0v) is 17.0. The number of amides is 1. The smallest absolute Gasteiger partial charge is 0.244 e. The molecule has 3 atom stereocenters. The van der Waals surface area contributed by atoms with Gasteiger partial charge in [0.25, 0.3) is 0 Å². The summed E-state index contributed by atoms with van der Waals surface area (Å²) in [6.45, 7) is 1.71. The molecule has 9 nitrogen and oxygen atoms in total. The minimum Gasteiger partial charge on any atom is -0.495 e.